The van der Waals surface area contributed by atoms with Gasteiger partial charge in [-0.25, -0.2) is 4.98 Å². The molecule has 1 amide bonds. The minimum atomic E-state index is -3.28. The molecule has 0 radical (unpaired) electrons. The molecule has 0 atom stereocenters. The summed E-state index contributed by atoms with van der Waals surface area (Å²) in [5.41, 5.74) is 2.15. The maximum Gasteiger partial charge on any atom is 0.394 e. The number of para-hydroxylation sites is 1. The number of terminal acetylenes is 1. The lowest BCUT2D eigenvalue weighted by Crippen LogP contribution is -2.30. The molecule has 3 aromatic rings. The van der Waals surface area contributed by atoms with E-state index in [1.54, 1.807) is 24.4 Å². The molecule has 4 rings (SSSR count). The molecular formula is C24H19F2N3O3. The quantitative estimate of drug-likeness (QED) is 0.582. The van der Waals surface area contributed by atoms with E-state index in [0.29, 0.717) is 54.1 Å². The van der Waals surface area contributed by atoms with Crippen LogP contribution in [0.1, 0.15) is 22.8 Å². The summed E-state index contributed by atoms with van der Waals surface area (Å²) in [7, 11) is 0. The van der Waals surface area contributed by atoms with Gasteiger partial charge in [0.1, 0.15) is 18.2 Å². The van der Waals surface area contributed by atoms with Crippen molar-refractivity contribution >= 4 is 23.1 Å². The lowest BCUT2D eigenvalue weighted by atomic mass is 10.1. The van der Waals surface area contributed by atoms with Crippen LogP contribution in [-0.4, -0.2) is 30.2 Å². The van der Waals surface area contributed by atoms with Crippen molar-refractivity contribution in [1.29, 1.82) is 0 Å². The van der Waals surface area contributed by atoms with Crippen LogP contribution in [0.5, 0.6) is 11.5 Å². The number of halogens is 2. The number of anilines is 3. The van der Waals surface area contributed by atoms with Crippen molar-refractivity contribution in [1.82, 2.24) is 4.98 Å². The van der Waals surface area contributed by atoms with Crippen LogP contribution in [0.4, 0.5) is 26.0 Å². The fourth-order valence-electron chi connectivity index (χ4n) is 3.31. The molecule has 0 unspecified atom stereocenters. The first-order chi connectivity index (χ1) is 15.3. The van der Waals surface area contributed by atoms with E-state index in [4.69, 9.17) is 11.2 Å². The van der Waals surface area contributed by atoms with Crippen LogP contribution in [0.3, 0.4) is 0 Å². The Morgan fingerprint density at radius 2 is 2.00 bits per heavy atom. The Morgan fingerprint density at radius 3 is 2.66 bits per heavy atom. The van der Waals surface area contributed by atoms with Crippen molar-refractivity contribution in [2.24, 2.45) is 0 Å². The average molecular weight is 435 g/mol. The summed E-state index contributed by atoms with van der Waals surface area (Å²) in [5, 5.41) is 2.75. The number of nitrogens with zero attached hydrogens (tertiary/aromatic N) is 2. The van der Waals surface area contributed by atoms with Gasteiger partial charge in [0.25, 0.3) is 5.91 Å². The van der Waals surface area contributed by atoms with Crippen molar-refractivity contribution in [2.75, 3.05) is 23.4 Å². The first-order valence-corrected chi connectivity index (χ1v) is 9.78. The molecule has 6 nitrogen and oxygen atoms in total. The molecule has 32 heavy (non-hydrogen) atoms. The van der Waals surface area contributed by atoms with Crippen LogP contribution in [0.15, 0.2) is 60.8 Å². The van der Waals surface area contributed by atoms with Gasteiger partial charge in [0.05, 0.1) is 17.8 Å². The van der Waals surface area contributed by atoms with Gasteiger partial charge in [-0.05, 0) is 48.5 Å². The van der Waals surface area contributed by atoms with Gasteiger partial charge >= 0.3 is 6.11 Å². The zero-order valence-corrected chi connectivity index (χ0v) is 17.1. The lowest BCUT2D eigenvalue weighted by molar-refractivity contribution is -0.158. The van der Waals surface area contributed by atoms with E-state index >= 15 is 0 Å². The van der Waals surface area contributed by atoms with Crippen molar-refractivity contribution in [2.45, 2.75) is 13.0 Å². The van der Waals surface area contributed by atoms with Gasteiger partial charge in [0.2, 0.25) is 0 Å². The topological polar surface area (TPSA) is 63.7 Å². The number of aromatic nitrogens is 1. The van der Waals surface area contributed by atoms with Gasteiger partial charge in [-0.3, -0.25) is 4.79 Å². The van der Waals surface area contributed by atoms with Gasteiger partial charge in [-0.15, -0.1) is 6.42 Å². The third-order valence-electron chi connectivity index (χ3n) is 4.69. The molecule has 1 aliphatic heterocycles. The van der Waals surface area contributed by atoms with Crippen molar-refractivity contribution in [3.05, 3.63) is 71.9 Å². The third kappa shape index (κ3) is 4.62. The molecule has 0 saturated heterocycles. The van der Waals surface area contributed by atoms with E-state index in [1.807, 2.05) is 17.0 Å². The monoisotopic (exact) mass is 435 g/mol. The van der Waals surface area contributed by atoms with Gasteiger partial charge < -0.3 is 19.7 Å². The normalized spacial score (nSPS) is 12.9. The molecule has 0 saturated carbocycles. The van der Waals surface area contributed by atoms with Gasteiger partial charge in [0.15, 0.2) is 5.75 Å². The number of hydrogen-bond donors (Lipinski definition) is 1. The Bertz CT molecular complexity index is 1170. The number of amides is 1. The number of pyridine rings is 1. The first-order valence-electron chi connectivity index (χ1n) is 9.78. The standard InChI is InChI=1S/C24H19F2N3O3/c1-3-16-7-12-21(27-15-16)29-13-14-31-22-19(5-4-6-20(22)29)23(30)28-17-8-10-18(11-9-17)32-24(2,25)26/h1,4-12,15H,13-14H2,2H3,(H,28,30). The van der Waals surface area contributed by atoms with E-state index in [9.17, 15) is 13.6 Å². The van der Waals surface area contributed by atoms with Crippen molar-refractivity contribution in [3.8, 4) is 23.8 Å². The lowest BCUT2D eigenvalue weighted by Gasteiger charge is -2.31. The number of carbonyl (C=O) groups is 1. The Morgan fingerprint density at radius 1 is 1.22 bits per heavy atom. The zero-order valence-electron chi connectivity index (χ0n) is 17.1. The predicted molar refractivity (Wildman–Crippen MR) is 117 cm³/mol. The second-order valence-electron chi connectivity index (χ2n) is 7.09. The maximum absolute atomic E-state index is 13.0. The average Bonchev–Trinajstić information content (AvgIpc) is 2.78. The number of carbonyl (C=O) groups excluding carboxylic acids is 1. The summed E-state index contributed by atoms with van der Waals surface area (Å²) in [6, 6.07) is 14.6. The first kappa shape index (κ1) is 21.1. The summed E-state index contributed by atoms with van der Waals surface area (Å²) < 4.78 is 36.3. The molecule has 8 heteroatoms. The summed E-state index contributed by atoms with van der Waals surface area (Å²) in [6.45, 7) is 1.58. The molecule has 0 bridgehead atoms. The van der Waals surface area contributed by atoms with Crippen LogP contribution in [0.2, 0.25) is 0 Å². The highest BCUT2D eigenvalue weighted by Gasteiger charge is 2.26. The minimum Gasteiger partial charge on any atom is -0.489 e. The Kier molecular flexibility index (Phi) is 5.65. The number of ether oxygens (including phenoxy) is 2. The number of alkyl halides is 2. The van der Waals surface area contributed by atoms with E-state index < -0.39 is 12.0 Å². The second-order valence-corrected chi connectivity index (χ2v) is 7.09. The summed E-state index contributed by atoms with van der Waals surface area (Å²) in [6.07, 6.45) is 3.73. The fraction of sp³-hybridized carbons (Fsp3) is 0.167. The highest BCUT2D eigenvalue weighted by Crippen LogP contribution is 2.38. The van der Waals surface area contributed by atoms with Crippen LogP contribution < -0.4 is 19.7 Å². The highest BCUT2D eigenvalue weighted by atomic mass is 19.3. The van der Waals surface area contributed by atoms with Gasteiger partial charge in [-0.1, -0.05) is 12.0 Å². The predicted octanol–water partition coefficient (Wildman–Crippen LogP) is 4.84. The molecule has 2 aromatic carbocycles. The fourth-order valence-corrected chi connectivity index (χ4v) is 3.31. The number of nitrogens with one attached hydrogen (secondary N) is 1. The van der Waals surface area contributed by atoms with Crippen molar-refractivity contribution in [3.63, 3.8) is 0 Å². The van der Waals surface area contributed by atoms with Gasteiger partial charge in [0, 0.05) is 24.4 Å². The van der Waals surface area contributed by atoms with Crippen LogP contribution >= 0.6 is 0 Å². The van der Waals surface area contributed by atoms with E-state index in [2.05, 4.69) is 21.0 Å². The molecule has 1 N–H and O–H groups in total. The molecule has 1 aliphatic rings. The Balaban J connectivity index is 1.56. The molecule has 0 fully saturated rings. The van der Waals surface area contributed by atoms with Crippen LogP contribution in [0.25, 0.3) is 0 Å². The molecule has 162 valence electrons. The number of rotatable bonds is 5. The molecule has 0 spiro atoms. The smallest absolute Gasteiger partial charge is 0.394 e. The zero-order chi connectivity index (χ0) is 22.7. The van der Waals surface area contributed by atoms with E-state index in [-0.39, 0.29) is 5.75 Å². The number of fused-ring (bicyclic) bond motifs is 1. The summed E-state index contributed by atoms with van der Waals surface area (Å²) >= 11 is 0. The van der Waals surface area contributed by atoms with E-state index in [0.717, 1.165) is 0 Å². The number of hydrogen-bond acceptors (Lipinski definition) is 5. The van der Waals surface area contributed by atoms with Gasteiger partial charge in [-0.2, -0.15) is 8.78 Å². The van der Waals surface area contributed by atoms with Crippen molar-refractivity contribution < 1.29 is 23.0 Å². The molecular weight excluding hydrogens is 416 g/mol. The summed E-state index contributed by atoms with van der Waals surface area (Å²) in [5.74, 6) is 3.26. The summed E-state index contributed by atoms with van der Waals surface area (Å²) in [4.78, 5) is 19.3. The third-order valence-corrected chi connectivity index (χ3v) is 4.69. The molecule has 2 heterocycles. The Labute approximate surface area is 183 Å². The highest BCUT2D eigenvalue weighted by molar-refractivity contribution is 6.07. The van der Waals surface area contributed by atoms with E-state index in [1.165, 1.54) is 24.3 Å². The minimum absolute atomic E-state index is 0.00471. The molecule has 0 aliphatic carbocycles. The van der Waals surface area contributed by atoms with Crippen LogP contribution in [0, 0.1) is 12.3 Å². The molecule has 1 aromatic heterocycles. The Hall–Kier alpha value is -4.12. The second kappa shape index (κ2) is 8.55. The SMILES string of the molecule is C#Cc1ccc(N2CCOc3c(C(=O)Nc4ccc(OC(C)(F)F)cc4)cccc32)nc1. The van der Waals surface area contributed by atoms with Crippen LogP contribution in [-0.2, 0) is 0 Å². The largest absolute Gasteiger partial charge is 0.489 e. The number of benzene rings is 2. The maximum atomic E-state index is 13.0.